The smallest absolute Gasteiger partial charge is 0.124 e. The molecule has 1 atom stereocenters. The molecule has 0 bridgehead atoms. The third-order valence-corrected chi connectivity index (χ3v) is 3.88. The van der Waals surface area contributed by atoms with Gasteiger partial charge in [0.15, 0.2) is 0 Å². The van der Waals surface area contributed by atoms with Crippen LogP contribution in [0, 0.1) is 0 Å². The Bertz CT molecular complexity index is 531. The van der Waals surface area contributed by atoms with Crippen LogP contribution in [-0.2, 0) is 0 Å². The average molecular weight is 299 g/mol. The maximum absolute atomic E-state index is 4.81. The fourth-order valence-electron chi connectivity index (χ4n) is 2.75. The van der Waals surface area contributed by atoms with Crippen LogP contribution in [0.25, 0.3) is 11.3 Å². The van der Waals surface area contributed by atoms with E-state index >= 15 is 0 Å². The predicted octanol–water partition coefficient (Wildman–Crippen LogP) is 5.09. The van der Waals surface area contributed by atoms with Crippen molar-refractivity contribution in [2.45, 2.75) is 65.0 Å². The molecule has 120 valence electrons. The second-order valence-corrected chi connectivity index (χ2v) is 6.26. The first-order valence-electron chi connectivity index (χ1n) is 8.57. The van der Waals surface area contributed by atoms with Crippen LogP contribution < -0.4 is 5.32 Å². The van der Waals surface area contributed by atoms with Crippen LogP contribution in [0.5, 0.6) is 0 Å². The standard InChI is InChI=1S/C19H29N3/c1-4-5-6-10-13-17(21-15(2)3)19-20-14-18(22-19)16-11-8-7-9-12-16/h7-9,11-12,14-15,17,21H,4-6,10,13H2,1-3H3,(H,20,22). The van der Waals surface area contributed by atoms with E-state index in [1.165, 1.54) is 31.2 Å². The minimum atomic E-state index is 0.314. The molecule has 22 heavy (non-hydrogen) atoms. The van der Waals surface area contributed by atoms with Gasteiger partial charge in [-0.2, -0.15) is 0 Å². The molecule has 3 nitrogen and oxygen atoms in total. The van der Waals surface area contributed by atoms with Crippen molar-refractivity contribution in [3.05, 3.63) is 42.4 Å². The average Bonchev–Trinajstić information content (AvgIpc) is 3.01. The van der Waals surface area contributed by atoms with Crippen molar-refractivity contribution in [2.75, 3.05) is 0 Å². The molecular formula is C19H29N3. The van der Waals surface area contributed by atoms with Crippen LogP contribution in [0.2, 0.25) is 0 Å². The van der Waals surface area contributed by atoms with Gasteiger partial charge >= 0.3 is 0 Å². The summed E-state index contributed by atoms with van der Waals surface area (Å²) in [6, 6.07) is 11.1. The highest BCUT2D eigenvalue weighted by Crippen LogP contribution is 2.22. The van der Waals surface area contributed by atoms with Gasteiger partial charge in [-0.1, -0.05) is 76.8 Å². The quantitative estimate of drug-likeness (QED) is 0.633. The minimum Gasteiger partial charge on any atom is -0.347 e. The summed E-state index contributed by atoms with van der Waals surface area (Å²) < 4.78 is 0. The lowest BCUT2D eigenvalue weighted by atomic mass is 10.1. The van der Waals surface area contributed by atoms with E-state index in [2.05, 4.69) is 55.3 Å². The molecule has 2 aromatic rings. The third-order valence-electron chi connectivity index (χ3n) is 3.88. The molecule has 1 aromatic carbocycles. The van der Waals surface area contributed by atoms with E-state index in [0.717, 1.165) is 17.9 Å². The number of hydrogen-bond donors (Lipinski definition) is 2. The molecule has 2 N–H and O–H groups in total. The Hall–Kier alpha value is -1.61. The number of nitrogens with zero attached hydrogens (tertiary/aromatic N) is 1. The van der Waals surface area contributed by atoms with Gasteiger partial charge in [0.1, 0.15) is 5.82 Å². The van der Waals surface area contributed by atoms with E-state index in [0.29, 0.717) is 12.1 Å². The van der Waals surface area contributed by atoms with Gasteiger partial charge in [0, 0.05) is 17.8 Å². The van der Waals surface area contributed by atoms with Gasteiger partial charge in [0.2, 0.25) is 0 Å². The molecule has 0 amide bonds. The zero-order valence-corrected chi connectivity index (χ0v) is 14.1. The summed E-state index contributed by atoms with van der Waals surface area (Å²) in [6.07, 6.45) is 8.31. The molecule has 0 saturated heterocycles. The second-order valence-electron chi connectivity index (χ2n) is 6.26. The van der Waals surface area contributed by atoms with E-state index in [-0.39, 0.29) is 0 Å². The van der Waals surface area contributed by atoms with Gasteiger partial charge in [0.05, 0.1) is 11.7 Å². The number of aromatic nitrogens is 2. The predicted molar refractivity (Wildman–Crippen MR) is 93.8 cm³/mol. The number of rotatable bonds is 9. The SMILES string of the molecule is CCCCCCC(NC(C)C)c1nc(-c2ccccc2)c[nH]1. The van der Waals surface area contributed by atoms with Crippen molar-refractivity contribution in [1.29, 1.82) is 0 Å². The molecule has 0 aliphatic heterocycles. The monoisotopic (exact) mass is 299 g/mol. The Morgan fingerprint density at radius 1 is 1.09 bits per heavy atom. The molecule has 1 aromatic heterocycles. The van der Waals surface area contributed by atoms with Crippen molar-refractivity contribution in [3.8, 4) is 11.3 Å². The van der Waals surface area contributed by atoms with E-state index in [4.69, 9.17) is 4.98 Å². The summed E-state index contributed by atoms with van der Waals surface area (Å²) >= 11 is 0. The number of unbranched alkanes of at least 4 members (excludes halogenated alkanes) is 3. The molecule has 0 spiro atoms. The molecule has 0 radical (unpaired) electrons. The van der Waals surface area contributed by atoms with Crippen LogP contribution in [0.3, 0.4) is 0 Å². The van der Waals surface area contributed by atoms with Crippen molar-refractivity contribution in [2.24, 2.45) is 0 Å². The highest BCUT2D eigenvalue weighted by Gasteiger charge is 2.16. The summed E-state index contributed by atoms with van der Waals surface area (Å²) in [5.41, 5.74) is 2.19. The van der Waals surface area contributed by atoms with Crippen molar-refractivity contribution in [1.82, 2.24) is 15.3 Å². The molecule has 1 unspecified atom stereocenters. The maximum Gasteiger partial charge on any atom is 0.124 e. The van der Waals surface area contributed by atoms with Crippen LogP contribution in [0.4, 0.5) is 0 Å². The lowest BCUT2D eigenvalue weighted by molar-refractivity contribution is 0.419. The van der Waals surface area contributed by atoms with E-state index < -0.39 is 0 Å². The lowest BCUT2D eigenvalue weighted by Gasteiger charge is -2.19. The minimum absolute atomic E-state index is 0.314. The largest absolute Gasteiger partial charge is 0.347 e. The lowest BCUT2D eigenvalue weighted by Crippen LogP contribution is -2.29. The number of H-pyrrole nitrogens is 1. The summed E-state index contributed by atoms with van der Waals surface area (Å²) in [5, 5.41) is 3.64. The molecule has 0 fully saturated rings. The first-order valence-corrected chi connectivity index (χ1v) is 8.57. The second kappa shape index (κ2) is 8.74. The van der Waals surface area contributed by atoms with Crippen LogP contribution >= 0.6 is 0 Å². The van der Waals surface area contributed by atoms with Crippen LogP contribution in [0.15, 0.2) is 36.5 Å². The Kier molecular flexibility index (Phi) is 6.66. The maximum atomic E-state index is 4.81. The van der Waals surface area contributed by atoms with E-state index in [1.54, 1.807) is 0 Å². The van der Waals surface area contributed by atoms with E-state index in [1.807, 2.05) is 12.3 Å². The number of aromatic amines is 1. The summed E-state index contributed by atoms with van der Waals surface area (Å²) in [4.78, 5) is 8.19. The van der Waals surface area contributed by atoms with E-state index in [9.17, 15) is 0 Å². The number of imidazole rings is 1. The summed E-state index contributed by atoms with van der Waals surface area (Å²) in [5.74, 6) is 1.06. The molecule has 2 rings (SSSR count). The van der Waals surface area contributed by atoms with Gasteiger partial charge in [-0.25, -0.2) is 4.98 Å². The molecular weight excluding hydrogens is 270 g/mol. The first-order chi connectivity index (χ1) is 10.7. The highest BCUT2D eigenvalue weighted by atomic mass is 15.0. The van der Waals surface area contributed by atoms with Crippen molar-refractivity contribution < 1.29 is 0 Å². The van der Waals surface area contributed by atoms with Crippen LogP contribution in [-0.4, -0.2) is 16.0 Å². The fourth-order valence-corrected chi connectivity index (χ4v) is 2.75. The number of benzene rings is 1. The molecule has 3 heteroatoms. The Balaban J connectivity index is 2.05. The van der Waals surface area contributed by atoms with Crippen molar-refractivity contribution in [3.63, 3.8) is 0 Å². The van der Waals surface area contributed by atoms with Gasteiger partial charge in [-0.05, 0) is 6.42 Å². The van der Waals surface area contributed by atoms with Gasteiger partial charge in [-0.3, -0.25) is 0 Å². The molecule has 0 aliphatic carbocycles. The topological polar surface area (TPSA) is 40.7 Å². The Labute approximate surface area is 134 Å². The molecule has 0 saturated carbocycles. The normalized spacial score (nSPS) is 12.7. The first kappa shape index (κ1) is 16.8. The molecule has 1 heterocycles. The van der Waals surface area contributed by atoms with Crippen LogP contribution in [0.1, 0.15) is 64.7 Å². The highest BCUT2D eigenvalue weighted by molar-refractivity contribution is 5.58. The zero-order valence-electron chi connectivity index (χ0n) is 14.1. The van der Waals surface area contributed by atoms with Gasteiger partial charge in [-0.15, -0.1) is 0 Å². The number of nitrogens with one attached hydrogen (secondary N) is 2. The zero-order chi connectivity index (χ0) is 15.8. The Morgan fingerprint density at radius 2 is 1.86 bits per heavy atom. The fraction of sp³-hybridized carbons (Fsp3) is 0.526. The third kappa shape index (κ3) is 4.99. The Morgan fingerprint density at radius 3 is 2.55 bits per heavy atom. The van der Waals surface area contributed by atoms with Gasteiger partial charge < -0.3 is 10.3 Å². The number of hydrogen-bond acceptors (Lipinski definition) is 2. The molecule has 0 aliphatic rings. The van der Waals surface area contributed by atoms with Gasteiger partial charge in [0.25, 0.3) is 0 Å². The summed E-state index contributed by atoms with van der Waals surface area (Å²) in [6.45, 7) is 6.64. The summed E-state index contributed by atoms with van der Waals surface area (Å²) in [7, 11) is 0. The van der Waals surface area contributed by atoms with Crippen molar-refractivity contribution >= 4 is 0 Å².